The Hall–Kier alpha value is -0.830. The number of carbonyl (C=O) groups excluding carboxylic acids is 1. The zero-order valence-corrected chi connectivity index (χ0v) is 17.2. The highest BCUT2D eigenvalue weighted by atomic mass is 16.5. The Morgan fingerprint density at radius 1 is 0.923 bits per heavy atom. The standard InChI is InChI=1S/C23H42O3/c1-2-3-4-5-6-7-8-9-10-11-12-13-14-15-16-17-23(24)26-21-22-18-19-25-20-22/h9-10,22H,2-8,11-21H2,1H3/b10-9+/t22-/m1/s1. The molecular formula is C23H42O3. The van der Waals surface area contributed by atoms with E-state index in [4.69, 9.17) is 9.47 Å². The normalized spacial score (nSPS) is 17.2. The van der Waals surface area contributed by atoms with Crippen LogP contribution < -0.4 is 0 Å². The van der Waals surface area contributed by atoms with Crippen LogP contribution in [0.5, 0.6) is 0 Å². The fourth-order valence-corrected chi connectivity index (χ4v) is 3.34. The number of ether oxygens (including phenoxy) is 2. The lowest BCUT2D eigenvalue weighted by Gasteiger charge is -2.08. The van der Waals surface area contributed by atoms with E-state index in [-0.39, 0.29) is 5.97 Å². The highest BCUT2D eigenvalue weighted by Crippen LogP contribution is 2.14. The van der Waals surface area contributed by atoms with Crippen molar-refractivity contribution in [2.75, 3.05) is 19.8 Å². The molecule has 1 aliphatic heterocycles. The molecule has 1 fully saturated rings. The zero-order valence-electron chi connectivity index (χ0n) is 17.2. The first-order chi connectivity index (χ1) is 12.8. The topological polar surface area (TPSA) is 35.5 Å². The van der Waals surface area contributed by atoms with Gasteiger partial charge in [0.05, 0.1) is 13.2 Å². The fourth-order valence-electron chi connectivity index (χ4n) is 3.34. The Balaban J connectivity index is 1.76. The van der Waals surface area contributed by atoms with Crippen LogP contribution in [0.3, 0.4) is 0 Å². The number of hydrogen-bond donors (Lipinski definition) is 0. The van der Waals surface area contributed by atoms with Crippen LogP contribution in [0.25, 0.3) is 0 Å². The van der Waals surface area contributed by atoms with Crippen molar-refractivity contribution < 1.29 is 14.3 Å². The van der Waals surface area contributed by atoms with Gasteiger partial charge in [-0.25, -0.2) is 0 Å². The van der Waals surface area contributed by atoms with Gasteiger partial charge in [-0.05, 0) is 38.5 Å². The molecule has 0 aliphatic carbocycles. The van der Waals surface area contributed by atoms with Crippen LogP contribution in [0.2, 0.25) is 0 Å². The average molecular weight is 367 g/mol. The van der Waals surface area contributed by atoms with Crippen LogP contribution in [-0.2, 0) is 14.3 Å². The molecule has 0 amide bonds. The molecule has 0 N–H and O–H groups in total. The van der Waals surface area contributed by atoms with E-state index >= 15 is 0 Å². The molecular weight excluding hydrogens is 324 g/mol. The molecule has 0 aromatic rings. The molecule has 1 heterocycles. The molecule has 152 valence electrons. The van der Waals surface area contributed by atoms with Crippen LogP contribution >= 0.6 is 0 Å². The highest BCUT2D eigenvalue weighted by Gasteiger charge is 2.17. The van der Waals surface area contributed by atoms with Crippen molar-refractivity contribution in [2.45, 2.75) is 103 Å². The first-order valence-corrected chi connectivity index (χ1v) is 11.2. The number of hydrogen-bond acceptors (Lipinski definition) is 3. The van der Waals surface area contributed by atoms with Gasteiger partial charge in [-0.2, -0.15) is 0 Å². The van der Waals surface area contributed by atoms with Crippen LogP contribution in [0.15, 0.2) is 12.2 Å². The molecule has 0 aromatic heterocycles. The van der Waals surface area contributed by atoms with Crippen molar-refractivity contribution in [3.05, 3.63) is 12.2 Å². The first kappa shape index (κ1) is 23.2. The minimum absolute atomic E-state index is 0.0328. The van der Waals surface area contributed by atoms with E-state index < -0.39 is 0 Å². The number of unbranched alkanes of at least 4 members (excludes halogenated alkanes) is 11. The molecule has 0 unspecified atom stereocenters. The molecule has 1 atom stereocenters. The Kier molecular flexibility index (Phi) is 15.7. The summed E-state index contributed by atoms with van der Waals surface area (Å²) >= 11 is 0. The number of allylic oxidation sites excluding steroid dienone is 2. The van der Waals surface area contributed by atoms with Crippen LogP contribution in [0, 0.1) is 5.92 Å². The third kappa shape index (κ3) is 14.4. The second-order valence-corrected chi connectivity index (χ2v) is 7.75. The van der Waals surface area contributed by atoms with Gasteiger partial charge in [0.25, 0.3) is 0 Å². The van der Waals surface area contributed by atoms with E-state index in [1.54, 1.807) is 0 Å². The zero-order chi connectivity index (χ0) is 18.7. The molecule has 0 saturated carbocycles. The second kappa shape index (κ2) is 17.6. The Morgan fingerprint density at radius 3 is 2.15 bits per heavy atom. The summed E-state index contributed by atoms with van der Waals surface area (Å²) in [5.74, 6) is 0.391. The maximum absolute atomic E-state index is 11.7. The molecule has 3 heteroatoms. The fraction of sp³-hybridized carbons (Fsp3) is 0.870. The van der Waals surface area contributed by atoms with Gasteiger partial charge in [-0.3, -0.25) is 4.79 Å². The maximum Gasteiger partial charge on any atom is 0.305 e. The van der Waals surface area contributed by atoms with E-state index in [0.717, 1.165) is 32.5 Å². The summed E-state index contributed by atoms with van der Waals surface area (Å²) in [4.78, 5) is 11.7. The summed E-state index contributed by atoms with van der Waals surface area (Å²) < 4.78 is 10.6. The van der Waals surface area contributed by atoms with Gasteiger partial charge in [0, 0.05) is 18.9 Å². The average Bonchev–Trinajstić information content (AvgIpc) is 3.17. The largest absolute Gasteiger partial charge is 0.465 e. The minimum atomic E-state index is -0.0328. The lowest BCUT2D eigenvalue weighted by molar-refractivity contribution is -0.145. The van der Waals surface area contributed by atoms with Crippen molar-refractivity contribution in [3.8, 4) is 0 Å². The summed E-state index contributed by atoms with van der Waals surface area (Å²) in [6.07, 6.45) is 23.0. The van der Waals surface area contributed by atoms with E-state index in [1.807, 2.05) is 0 Å². The molecule has 1 rings (SSSR count). The lowest BCUT2D eigenvalue weighted by Crippen LogP contribution is -2.13. The van der Waals surface area contributed by atoms with E-state index in [1.165, 1.54) is 70.6 Å². The van der Waals surface area contributed by atoms with Gasteiger partial charge in [0.2, 0.25) is 0 Å². The van der Waals surface area contributed by atoms with Gasteiger partial charge < -0.3 is 9.47 Å². The minimum Gasteiger partial charge on any atom is -0.465 e. The molecule has 3 nitrogen and oxygen atoms in total. The number of carbonyl (C=O) groups is 1. The van der Waals surface area contributed by atoms with Crippen LogP contribution in [-0.4, -0.2) is 25.8 Å². The quantitative estimate of drug-likeness (QED) is 0.165. The molecule has 0 spiro atoms. The van der Waals surface area contributed by atoms with E-state index in [2.05, 4.69) is 19.1 Å². The molecule has 0 radical (unpaired) electrons. The number of rotatable bonds is 17. The van der Waals surface area contributed by atoms with Gasteiger partial charge in [-0.15, -0.1) is 0 Å². The number of esters is 1. The summed E-state index contributed by atoms with van der Waals surface area (Å²) in [5.41, 5.74) is 0. The predicted octanol–water partition coefficient (Wildman–Crippen LogP) is 6.60. The molecule has 1 saturated heterocycles. The summed E-state index contributed by atoms with van der Waals surface area (Å²) in [7, 11) is 0. The van der Waals surface area contributed by atoms with Gasteiger partial charge in [0.15, 0.2) is 0 Å². The van der Waals surface area contributed by atoms with Crippen LogP contribution in [0.4, 0.5) is 0 Å². The second-order valence-electron chi connectivity index (χ2n) is 7.75. The van der Waals surface area contributed by atoms with E-state index in [0.29, 0.717) is 18.9 Å². The van der Waals surface area contributed by atoms with Crippen molar-refractivity contribution in [1.29, 1.82) is 0 Å². The molecule has 1 aliphatic rings. The lowest BCUT2D eigenvalue weighted by atomic mass is 10.1. The summed E-state index contributed by atoms with van der Waals surface area (Å²) in [5, 5.41) is 0. The van der Waals surface area contributed by atoms with Crippen molar-refractivity contribution in [2.24, 2.45) is 5.92 Å². The third-order valence-corrected chi connectivity index (χ3v) is 5.15. The predicted molar refractivity (Wildman–Crippen MR) is 109 cm³/mol. The van der Waals surface area contributed by atoms with Gasteiger partial charge in [-0.1, -0.05) is 70.4 Å². The first-order valence-electron chi connectivity index (χ1n) is 11.2. The summed E-state index contributed by atoms with van der Waals surface area (Å²) in [6, 6.07) is 0. The third-order valence-electron chi connectivity index (χ3n) is 5.15. The Morgan fingerprint density at radius 2 is 1.54 bits per heavy atom. The van der Waals surface area contributed by atoms with Gasteiger partial charge in [0.1, 0.15) is 0 Å². The molecule has 0 bridgehead atoms. The Bertz CT molecular complexity index is 345. The monoisotopic (exact) mass is 366 g/mol. The smallest absolute Gasteiger partial charge is 0.305 e. The van der Waals surface area contributed by atoms with Crippen molar-refractivity contribution in [3.63, 3.8) is 0 Å². The van der Waals surface area contributed by atoms with E-state index in [9.17, 15) is 4.79 Å². The van der Waals surface area contributed by atoms with Crippen molar-refractivity contribution >= 4 is 5.97 Å². The highest BCUT2D eigenvalue weighted by molar-refractivity contribution is 5.69. The SMILES string of the molecule is CCCCCCCC/C=C/CCCCCCCC(=O)OC[C@@H]1CCOC1. The van der Waals surface area contributed by atoms with Crippen LogP contribution in [0.1, 0.15) is 103 Å². The van der Waals surface area contributed by atoms with Crippen molar-refractivity contribution in [1.82, 2.24) is 0 Å². The molecule has 26 heavy (non-hydrogen) atoms. The summed E-state index contributed by atoms with van der Waals surface area (Å²) in [6.45, 7) is 4.38. The molecule has 0 aromatic carbocycles. The Labute approximate surface area is 161 Å². The van der Waals surface area contributed by atoms with Gasteiger partial charge >= 0.3 is 5.97 Å². The maximum atomic E-state index is 11.7.